The summed E-state index contributed by atoms with van der Waals surface area (Å²) in [5.74, 6) is 0.985. The molecule has 1 saturated heterocycles. The number of amides is 1. The molecule has 106 valence electrons. The van der Waals surface area contributed by atoms with Gasteiger partial charge in [-0.05, 0) is 33.1 Å². The third-order valence-electron chi connectivity index (χ3n) is 3.61. The van der Waals surface area contributed by atoms with Crippen molar-refractivity contribution in [3.8, 4) is 0 Å². The molecule has 1 aliphatic rings. The molecule has 1 atom stereocenters. The first-order chi connectivity index (χ1) is 9.13. The normalized spacial score (nSPS) is 19.1. The topological polar surface area (TPSA) is 58.2 Å². The van der Waals surface area contributed by atoms with Crippen LogP contribution in [0.15, 0.2) is 0 Å². The van der Waals surface area contributed by atoms with Gasteiger partial charge in [-0.2, -0.15) is 0 Å². The minimum atomic E-state index is 0.0719. The lowest BCUT2D eigenvalue weighted by Gasteiger charge is -2.23. The third kappa shape index (κ3) is 3.15. The molecule has 0 aliphatic carbocycles. The first-order valence-corrected chi connectivity index (χ1v) is 7.03. The van der Waals surface area contributed by atoms with Crippen molar-refractivity contribution in [2.75, 3.05) is 19.8 Å². The number of hydrogen-bond acceptors (Lipinski definition) is 3. The molecule has 1 unspecified atom stereocenters. The molecule has 1 fully saturated rings. The minimum Gasteiger partial charge on any atom is -0.372 e. The molecule has 0 bridgehead atoms. The fourth-order valence-electron chi connectivity index (χ4n) is 2.47. The van der Waals surface area contributed by atoms with E-state index in [1.807, 2.05) is 25.7 Å². The zero-order chi connectivity index (χ0) is 13.8. The lowest BCUT2D eigenvalue weighted by molar-refractivity contribution is -0.137. The smallest absolute Gasteiger partial charge is 0.249 e. The van der Waals surface area contributed by atoms with Gasteiger partial charge >= 0.3 is 0 Å². The van der Waals surface area contributed by atoms with Crippen molar-refractivity contribution in [1.29, 1.82) is 0 Å². The molecule has 0 spiro atoms. The molecule has 0 radical (unpaired) electrons. The molecule has 5 nitrogen and oxygen atoms in total. The van der Waals surface area contributed by atoms with Gasteiger partial charge in [0.25, 0.3) is 0 Å². The summed E-state index contributed by atoms with van der Waals surface area (Å²) in [5.41, 5.74) is 2.09. The first kappa shape index (κ1) is 14.1. The molecular formula is C14H23N3O2. The van der Waals surface area contributed by atoms with Crippen LogP contribution in [0.2, 0.25) is 0 Å². The van der Waals surface area contributed by atoms with Crippen LogP contribution in [0.25, 0.3) is 0 Å². The molecule has 0 aromatic carbocycles. The molecule has 2 heterocycles. The Balaban J connectivity index is 2.02. The van der Waals surface area contributed by atoms with Gasteiger partial charge in [0.15, 0.2) is 0 Å². The van der Waals surface area contributed by atoms with Crippen LogP contribution in [0.4, 0.5) is 0 Å². The monoisotopic (exact) mass is 265 g/mol. The number of hydrogen-bond donors (Lipinski definition) is 1. The summed E-state index contributed by atoms with van der Waals surface area (Å²) in [7, 11) is 0. The maximum absolute atomic E-state index is 12.2. The third-order valence-corrected chi connectivity index (χ3v) is 3.61. The second kappa shape index (κ2) is 6.19. The maximum atomic E-state index is 12.2. The highest BCUT2D eigenvalue weighted by Gasteiger charge is 2.31. The van der Waals surface area contributed by atoms with Crippen molar-refractivity contribution in [1.82, 2.24) is 14.9 Å². The molecule has 2 rings (SSSR count). The van der Waals surface area contributed by atoms with E-state index in [-0.39, 0.29) is 18.6 Å². The van der Waals surface area contributed by atoms with Crippen molar-refractivity contribution in [2.24, 2.45) is 0 Å². The van der Waals surface area contributed by atoms with Crippen LogP contribution in [0.1, 0.15) is 49.4 Å². The number of carbonyl (C=O) groups excluding carboxylic acids is 1. The second-order valence-corrected chi connectivity index (χ2v) is 5.13. The zero-order valence-electron chi connectivity index (χ0n) is 12.0. The van der Waals surface area contributed by atoms with E-state index in [1.54, 1.807) is 0 Å². The number of likely N-dealkylation sites (tertiary alicyclic amines) is 1. The molecule has 1 amide bonds. The van der Waals surface area contributed by atoms with E-state index in [0.29, 0.717) is 6.61 Å². The van der Waals surface area contributed by atoms with E-state index in [1.165, 1.54) is 0 Å². The number of aromatic amines is 1. The Morgan fingerprint density at radius 3 is 2.95 bits per heavy atom. The summed E-state index contributed by atoms with van der Waals surface area (Å²) >= 11 is 0. The van der Waals surface area contributed by atoms with E-state index in [9.17, 15) is 4.79 Å². The standard InChI is InChI=1S/C14H23N3O2/c1-4-8-19-9-13(18)17-7-5-6-12(17)14-15-10(2)11(3)16-14/h12H,4-9H2,1-3H3,(H,15,16). The van der Waals surface area contributed by atoms with E-state index < -0.39 is 0 Å². The largest absolute Gasteiger partial charge is 0.372 e. The zero-order valence-corrected chi connectivity index (χ0v) is 12.0. The van der Waals surface area contributed by atoms with Crippen molar-refractivity contribution >= 4 is 5.91 Å². The average Bonchev–Trinajstić information content (AvgIpc) is 2.97. The highest BCUT2D eigenvalue weighted by atomic mass is 16.5. The molecule has 0 saturated carbocycles. The maximum Gasteiger partial charge on any atom is 0.249 e. The van der Waals surface area contributed by atoms with Gasteiger partial charge in [0, 0.05) is 18.8 Å². The summed E-state index contributed by atoms with van der Waals surface area (Å²) in [5, 5.41) is 0. The molecule has 1 N–H and O–H groups in total. The van der Waals surface area contributed by atoms with Crippen LogP contribution >= 0.6 is 0 Å². The Morgan fingerprint density at radius 1 is 1.53 bits per heavy atom. The Bertz CT molecular complexity index is 422. The molecule has 1 aromatic heterocycles. The summed E-state index contributed by atoms with van der Waals surface area (Å²) in [4.78, 5) is 21.9. The summed E-state index contributed by atoms with van der Waals surface area (Å²) in [6, 6.07) is 0.0881. The minimum absolute atomic E-state index is 0.0719. The first-order valence-electron chi connectivity index (χ1n) is 7.03. The molecule has 5 heteroatoms. The number of imidazole rings is 1. The number of rotatable bonds is 5. The second-order valence-electron chi connectivity index (χ2n) is 5.13. The van der Waals surface area contributed by atoms with Crippen LogP contribution < -0.4 is 0 Å². The van der Waals surface area contributed by atoms with Crippen LogP contribution in [-0.2, 0) is 9.53 Å². The average molecular weight is 265 g/mol. The van der Waals surface area contributed by atoms with Crippen molar-refractivity contribution < 1.29 is 9.53 Å². The quantitative estimate of drug-likeness (QED) is 0.830. The van der Waals surface area contributed by atoms with Gasteiger partial charge in [0.05, 0.1) is 11.7 Å². The predicted octanol–water partition coefficient (Wildman–Crippen LogP) is 2.12. The number of aromatic nitrogens is 2. The van der Waals surface area contributed by atoms with Gasteiger partial charge in [-0.25, -0.2) is 4.98 Å². The molecule has 1 aromatic rings. The van der Waals surface area contributed by atoms with E-state index >= 15 is 0 Å². The van der Waals surface area contributed by atoms with E-state index in [2.05, 4.69) is 9.97 Å². The summed E-state index contributed by atoms with van der Waals surface area (Å²) in [6.45, 7) is 7.67. The fourth-order valence-corrected chi connectivity index (χ4v) is 2.47. The lowest BCUT2D eigenvalue weighted by Crippen LogP contribution is -2.34. The Kier molecular flexibility index (Phi) is 4.58. The Hall–Kier alpha value is -1.36. The SMILES string of the molecule is CCCOCC(=O)N1CCCC1c1nc(C)c(C)[nH]1. The molecular weight excluding hydrogens is 242 g/mol. The van der Waals surface area contributed by atoms with Gasteiger partial charge in [-0.15, -0.1) is 0 Å². The number of ether oxygens (including phenoxy) is 1. The van der Waals surface area contributed by atoms with Crippen LogP contribution in [-0.4, -0.2) is 40.5 Å². The number of nitrogens with one attached hydrogen (secondary N) is 1. The van der Waals surface area contributed by atoms with E-state index in [0.717, 1.165) is 43.0 Å². The van der Waals surface area contributed by atoms with Gasteiger partial charge in [-0.1, -0.05) is 6.92 Å². The molecule has 1 aliphatic heterocycles. The summed E-state index contributed by atoms with van der Waals surface area (Å²) in [6.07, 6.45) is 2.95. The highest BCUT2D eigenvalue weighted by Crippen LogP contribution is 2.30. The number of aryl methyl sites for hydroxylation is 2. The lowest BCUT2D eigenvalue weighted by atomic mass is 10.2. The Morgan fingerprint density at radius 2 is 2.32 bits per heavy atom. The van der Waals surface area contributed by atoms with Crippen LogP contribution in [0.5, 0.6) is 0 Å². The fraction of sp³-hybridized carbons (Fsp3) is 0.714. The van der Waals surface area contributed by atoms with Crippen molar-refractivity contribution in [2.45, 2.75) is 46.1 Å². The van der Waals surface area contributed by atoms with Crippen molar-refractivity contribution in [3.63, 3.8) is 0 Å². The van der Waals surface area contributed by atoms with E-state index in [4.69, 9.17) is 4.74 Å². The van der Waals surface area contributed by atoms with Gasteiger partial charge in [0.1, 0.15) is 12.4 Å². The number of nitrogens with zero attached hydrogens (tertiary/aromatic N) is 2. The van der Waals surface area contributed by atoms with Crippen LogP contribution in [0, 0.1) is 13.8 Å². The predicted molar refractivity (Wildman–Crippen MR) is 72.9 cm³/mol. The summed E-state index contributed by atoms with van der Waals surface area (Å²) < 4.78 is 5.35. The Labute approximate surface area is 114 Å². The van der Waals surface area contributed by atoms with Gasteiger partial charge < -0.3 is 14.6 Å². The van der Waals surface area contributed by atoms with Crippen LogP contribution in [0.3, 0.4) is 0 Å². The highest BCUT2D eigenvalue weighted by molar-refractivity contribution is 5.78. The number of H-pyrrole nitrogens is 1. The number of carbonyl (C=O) groups is 1. The van der Waals surface area contributed by atoms with Gasteiger partial charge in [0.2, 0.25) is 5.91 Å². The van der Waals surface area contributed by atoms with Gasteiger partial charge in [-0.3, -0.25) is 4.79 Å². The van der Waals surface area contributed by atoms with Crippen molar-refractivity contribution in [3.05, 3.63) is 17.2 Å². The molecule has 19 heavy (non-hydrogen) atoms.